The van der Waals surface area contributed by atoms with E-state index >= 15 is 0 Å². The summed E-state index contributed by atoms with van der Waals surface area (Å²) in [6.07, 6.45) is 3.45. The van der Waals surface area contributed by atoms with E-state index in [4.69, 9.17) is 5.26 Å². The van der Waals surface area contributed by atoms with E-state index in [0.717, 1.165) is 0 Å². The Bertz CT molecular complexity index is 439. The molecule has 0 amide bonds. The molecule has 62 valence electrons. The molecule has 0 unspecified atom stereocenters. The molecule has 0 aliphatic rings. The lowest BCUT2D eigenvalue weighted by Crippen LogP contribution is -1.98. The fourth-order valence-electron chi connectivity index (χ4n) is 1.02. The van der Waals surface area contributed by atoms with Crippen molar-refractivity contribution in [3.8, 4) is 11.9 Å². The van der Waals surface area contributed by atoms with Gasteiger partial charge in [-0.2, -0.15) is 10.4 Å². The van der Waals surface area contributed by atoms with Crippen molar-refractivity contribution in [2.45, 2.75) is 0 Å². The quantitative estimate of drug-likeness (QED) is 0.644. The zero-order chi connectivity index (χ0) is 9.10. The smallest absolute Gasteiger partial charge is 0.154 e. The Morgan fingerprint density at radius 1 is 1.31 bits per heavy atom. The molecule has 2 aromatic rings. The van der Waals surface area contributed by atoms with Crippen molar-refractivity contribution < 1.29 is 0 Å². The van der Waals surface area contributed by atoms with Gasteiger partial charge in [0, 0.05) is 12.4 Å². The van der Waals surface area contributed by atoms with Crippen LogP contribution in [0.5, 0.6) is 0 Å². The molecule has 0 aliphatic heterocycles. The van der Waals surface area contributed by atoms with Crippen LogP contribution in [-0.4, -0.2) is 14.8 Å². The highest BCUT2D eigenvalue weighted by Gasteiger charge is 1.97. The first-order valence-electron chi connectivity index (χ1n) is 3.77. The molecule has 4 heteroatoms. The summed E-state index contributed by atoms with van der Waals surface area (Å²) in [6.45, 7) is 0. The van der Waals surface area contributed by atoms with Crippen LogP contribution in [0.3, 0.4) is 0 Å². The molecule has 2 aromatic heterocycles. The molecule has 13 heavy (non-hydrogen) atoms. The molecule has 0 saturated carbocycles. The third-order valence-corrected chi connectivity index (χ3v) is 1.59. The van der Waals surface area contributed by atoms with Gasteiger partial charge in [-0.1, -0.05) is 6.07 Å². The summed E-state index contributed by atoms with van der Waals surface area (Å²) in [5.74, 6) is 0.657. The molecule has 0 bridgehead atoms. The molecule has 0 atom stereocenters. The molecule has 2 heterocycles. The first-order valence-corrected chi connectivity index (χ1v) is 3.77. The third kappa shape index (κ3) is 1.40. The van der Waals surface area contributed by atoms with Gasteiger partial charge in [-0.25, -0.2) is 9.67 Å². The molecule has 2 rings (SSSR count). The number of rotatable bonds is 1. The van der Waals surface area contributed by atoms with Gasteiger partial charge >= 0.3 is 0 Å². The summed E-state index contributed by atoms with van der Waals surface area (Å²) in [5, 5.41) is 12.6. The van der Waals surface area contributed by atoms with Gasteiger partial charge in [-0.05, 0) is 18.2 Å². The summed E-state index contributed by atoms with van der Waals surface area (Å²) in [6, 6.07) is 9.02. The van der Waals surface area contributed by atoms with Gasteiger partial charge in [0.15, 0.2) is 5.82 Å². The molecule has 0 fully saturated rings. The third-order valence-electron chi connectivity index (χ3n) is 1.59. The topological polar surface area (TPSA) is 54.5 Å². The van der Waals surface area contributed by atoms with Gasteiger partial charge in [-0.15, -0.1) is 0 Å². The van der Waals surface area contributed by atoms with E-state index < -0.39 is 0 Å². The van der Waals surface area contributed by atoms with Crippen molar-refractivity contribution in [2.75, 3.05) is 0 Å². The van der Waals surface area contributed by atoms with Gasteiger partial charge in [0.05, 0.1) is 0 Å². The zero-order valence-electron chi connectivity index (χ0n) is 6.75. The number of hydrogen-bond acceptors (Lipinski definition) is 3. The normalized spacial score (nSPS) is 9.46. The molecule has 4 nitrogen and oxygen atoms in total. The van der Waals surface area contributed by atoms with E-state index in [-0.39, 0.29) is 0 Å². The fraction of sp³-hybridized carbons (Fsp3) is 0. The second-order valence-electron chi connectivity index (χ2n) is 2.44. The lowest BCUT2D eigenvalue weighted by Gasteiger charge is -1.98. The lowest BCUT2D eigenvalue weighted by molar-refractivity contribution is 0.844. The number of nitrogens with zero attached hydrogens (tertiary/aromatic N) is 4. The minimum absolute atomic E-state index is 0.396. The summed E-state index contributed by atoms with van der Waals surface area (Å²) < 4.78 is 1.61. The van der Waals surface area contributed by atoms with Gasteiger partial charge in [0.1, 0.15) is 11.8 Å². The van der Waals surface area contributed by atoms with Crippen LogP contribution in [0.1, 0.15) is 5.69 Å². The second kappa shape index (κ2) is 3.07. The van der Waals surface area contributed by atoms with Crippen molar-refractivity contribution in [2.24, 2.45) is 0 Å². The number of hydrogen-bond donors (Lipinski definition) is 0. The standard InChI is InChI=1S/C9H6N4/c10-7-8-3-1-4-9(12-8)13-6-2-5-11-13/h1-6H. The SMILES string of the molecule is N#Cc1cccc(-n2cccn2)n1. The second-order valence-corrected chi connectivity index (χ2v) is 2.44. The van der Waals surface area contributed by atoms with E-state index in [1.54, 1.807) is 41.3 Å². The van der Waals surface area contributed by atoms with E-state index in [2.05, 4.69) is 10.1 Å². The molecule has 0 aromatic carbocycles. The largest absolute Gasteiger partial charge is 0.223 e. The van der Waals surface area contributed by atoms with Crippen molar-refractivity contribution in [3.05, 3.63) is 42.4 Å². The molecule has 0 spiro atoms. The molecule has 0 radical (unpaired) electrons. The summed E-state index contributed by atoms with van der Waals surface area (Å²) in [7, 11) is 0. The first-order chi connectivity index (χ1) is 6.40. The molecule has 0 saturated heterocycles. The van der Waals surface area contributed by atoms with Gasteiger partial charge in [-0.3, -0.25) is 0 Å². The van der Waals surface area contributed by atoms with E-state index in [9.17, 15) is 0 Å². The monoisotopic (exact) mass is 170 g/mol. The zero-order valence-corrected chi connectivity index (χ0v) is 6.75. The Balaban J connectivity index is 2.49. The molecule has 0 N–H and O–H groups in total. The van der Waals surface area contributed by atoms with Crippen LogP contribution in [0.15, 0.2) is 36.7 Å². The average molecular weight is 170 g/mol. The highest BCUT2D eigenvalue weighted by molar-refractivity contribution is 5.29. The number of pyridine rings is 1. The molecule has 0 aliphatic carbocycles. The summed E-state index contributed by atoms with van der Waals surface area (Å²) in [4.78, 5) is 4.07. The Morgan fingerprint density at radius 2 is 2.23 bits per heavy atom. The van der Waals surface area contributed by atoms with Gasteiger partial charge in [0.25, 0.3) is 0 Å². The van der Waals surface area contributed by atoms with E-state index in [1.807, 2.05) is 6.07 Å². The molecular formula is C9H6N4. The predicted octanol–water partition coefficient (Wildman–Crippen LogP) is 1.14. The first kappa shape index (κ1) is 7.50. The van der Waals surface area contributed by atoms with Crippen LogP contribution in [0, 0.1) is 11.3 Å². The van der Waals surface area contributed by atoms with Crippen LogP contribution in [-0.2, 0) is 0 Å². The van der Waals surface area contributed by atoms with Gasteiger partial charge < -0.3 is 0 Å². The minimum Gasteiger partial charge on any atom is -0.223 e. The molecular weight excluding hydrogens is 164 g/mol. The van der Waals surface area contributed by atoms with E-state index in [0.29, 0.717) is 11.5 Å². The van der Waals surface area contributed by atoms with Crippen molar-refractivity contribution >= 4 is 0 Å². The Hall–Kier alpha value is -2.15. The van der Waals surface area contributed by atoms with Crippen LogP contribution in [0.25, 0.3) is 5.82 Å². The van der Waals surface area contributed by atoms with Crippen molar-refractivity contribution in [3.63, 3.8) is 0 Å². The van der Waals surface area contributed by atoms with Crippen LogP contribution in [0.2, 0.25) is 0 Å². The Kier molecular flexibility index (Phi) is 1.77. The minimum atomic E-state index is 0.396. The van der Waals surface area contributed by atoms with Crippen LogP contribution >= 0.6 is 0 Å². The lowest BCUT2D eigenvalue weighted by atomic mass is 10.4. The highest BCUT2D eigenvalue weighted by Crippen LogP contribution is 2.02. The maximum Gasteiger partial charge on any atom is 0.154 e. The number of aromatic nitrogens is 3. The van der Waals surface area contributed by atoms with Crippen LogP contribution in [0.4, 0.5) is 0 Å². The Labute approximate surface area is 75.1 Å². The number of nitriles is 1. The summed E-state index contributed by atoms with van der Waals surface area (Å²) in [5.41, 5.74) is 0.396. The average Bonchev–Trinajstić information content (AvgIpc) is 2.71. The van der Waals surface area contributed by atoms with Gasteiger partial charge in [0.2, 0.25) is 0 Å². The summed E-state index contributed by atoms with van der Waals surface area (Å²) >= 11 is 0. The van der Waals surface area contributed by atoms with Crippen molar-refractivity contribution in [1.82, 2.24) is 14.8 Å². The van der Waals surface area contributed by atoms with Crippen molar-refractivity contribution in [1.29, 1.82) is 5.26 Å². The fourth-order valence-corrected chi connectivity index (χ4v) is 1.02. The predicted molar refractivity (Wildman–Crippen MR) is 46.1 cm³/mol. The maximum absolute atomic E-state index is 8.62. The Morgan fingerprint density at radius 3 is 2.92 bits per heavy atom. The van der Waals surface area contributed by atoms with Crippen LogP contribution < -0.4 is 0 Å². The maximum atomic E-state index is 8.62. The van der Waals surface area contributed by atoms with E-state index in [1.165, 1.54) is 0 Å². The highest BCUT2D eigenvalue weighted by atomic mass is 15.3.